The predicted molar refractivity (Wildman–Crippen MR) is 108 cm³/mol. The Labute approximate surface area is 180 Å². The zero-order valence-electron chi connectivity index (χ0n) is 17.8. The highest BCUT2D eigenvalue weighted by Gasteiger charge is 2.53. The van der Waals surface area contributed by atoms with E-state index >= 15 is 0 Å². The lowest BCUT2D eigenvalue weighted by Crippen LogP contribution is -2.57. The van der Waals surface area contributed by atoms with E-state index < -0.39 is 29.4 Å². The molecule has 5 nitrogen and oxygen atoms in total. The maximum Gasteiger partial charge on any atom is 0.416 e. The highest BCUT2D eigenvalue weighted by atomic mass is 19.4. The van der Waals surface area contributed by atoms with E-state index in [0.29, 0.717) is 31.8 Å². The minimum atomic E-state index is -4.47. The Morgan fingerprint density at radius 1 is 1.03 bits per heavy atom. The molecule has 8 heteroatoms. The maximum absolute atomic E-state index is 13.5. The van der Waals surface area contributed by atoms with Gasteiger partial charge in [0.2, 0.25) is 5.91 Å². The van der Waals surface area contributed by atoms with Crippen LogP contribution in [-0.2, 0) is 15.7 Å². The zero-order chi connectivity index (χ0) is 22.2. The molecule has 1 saturated carbocycles. The fraction of sp³-hybridized carbons (Fsp3) is 0.652. The molecule has 1 aliphatic carbocycles. The molecule has 0 radical (unpaired) electrons. The van der Waals surface area contributed by atoms with Crippen LogP contribution in [0.5, 0.6) is 0 Å². The molecule has 170 valence electrons. The first-order chi connectivity index (χ1) is 14.7. The summed E-state index contributed by atoms with van der Waals surface area (Å²) < 4.78 is 45.0. The second kappa shape index (κ2) is 8.45. The molecule has 0 N–H and O–H groups in total. The molecule has 2 amide bonds. The van der Waals surface area contributed by atoms with E-state index in [4.69, 9.17) is 4.74 Å². The maximum atomic E-state index is 13.5. The largest absolute Gasteiger partial charge is 0.416 e. The fourth-order valence-electron chi connectivity index (χ4n) is 5.04. The lowest BCUT2D eigenvalue weighted by atomic mass is 9.89. The van der Waals surface area contributed by atoms with Gasteiger partial charge in [-0.25, -0.2) is 0 Å². The van der Waals surface area contributed by atoms with Crippen LogP contribution in [0.4, 0.5) is 13.2 Å². The summed E-state index contributed by atoms with van der Waals surface area (Å²) in [5.41, 5.74) is -1.50. The van der Waals surface area contributed by atoms with Gasteiger partial charge in [-0.1, -0.05) is 13.3 Å². The van der Waals surface area contributed by atoms with Crippen molar-refractivity contribution in [2.75, 3.05) is 19.7 Å². The number of carbonyl (C=O) groups excluding carboxylic acids is 2. The molecule has 1 aromatic carbocycles. The molecule has 2 heterocycles. The Hall–Kier alpha value is -2.09. The Morgan fingerprint density at radius 3 is 2.23 bits per heavy atom. The van der Waals surface area contributed by atoms with Crippen LogP contribution in [-0.4, -0.2) is 53.1 Å². The number of hydrogen-bond donors (Lipinski definition) is 0. The molecule has 4 rings (SSSR count). The summed E-state index contributed by atoms with van der Waals surface area (Å²) in [5.74, 6) is 0.0184. The molecular weight excluding hydrogens is 409 g/mol. The molecule has 0 aromatic heterocycles. The third-order valence-corrected chi connectivity index (χ3v) is 6.95. The van der Waals surface area contributed by atoms with Gasteiger partial charge in [-0.3, -0.25) is 14.5 Å². The van der Waals surface area contributed by atoms with Crippen molar-refractivity contribution in [3.8, 4) is 0 Å². The Bertz CT molecular complexity index is 810. The topological polar surface area (TPSA) is 49.9 Å². The van der Waals surface area contributed by atoms with Gasteiger partial charge in [0.25, 0.3) is 5.91 Å². The number of carbonyl (C=O) groups is 2. The van der Waals surface area contributed by atoms with Gasteiger partial charge < -0.3 is 9.64 Å². The lowest BCUT2D eigenvalue weighted by molar-refractivity contribution is -0.138. The second-order valence-corrected chi connectivity index (χ2v) is 9.09. The van der Waals surface area contributed by atoms with Gasteiger partial charge in [0.05, 0.1) is 12.2 Å². The molecular formula is C23H29F3N2O3. The normalized spacial score (nSPS) is 24.6. The standard InChI is InChI=1S/C23H29F3N2O3/c1-16-9-13-27(14-10-16)21(30)19-15-31-22(11-3-2-4-12-22)28(19)20(29)17-5-7-18(8-6-17)23(24,25)26/h5-8,16,19H,2-4,9-15H2,1H3/t19-/m0/s1. The van der Waals surface area contributed by atoms with Crippen LogP contribution in [0.15, 0.2) is 24.3 Å². The van der Waals surface area contributed by atoms with Crippen molar-refractivity contribution in [2.24, 2.45) is 5.92 Å². The minimum absolute atomic E-state index is 0.116. The van der Waals surface area contributed by atoms with E-state index in [0.717, 1.165) is 44.2 Å². The smallest absolute Gasteiger partial charge is 0.353 e. The van der Waals surface area contributed by atoms with Gasteiger partial charge in [0.1, 0.15) is 11.8 Å². The number of likely N-dealkylation sites (tertiary alicyclic amines) is 1. The van der Waals surface area contributed by atoms with Gasteiger partial charge in [-0.15, -0.1) is 0 Å². The van der Waals surface area contributed by atoms with E-state index in [9.17, 15) is 22.8 Å². The predicted octanol–water partition coefficient (Wildman–Crippen LogP) is 4.47. The highest BCUT2D eigenvalue weighted by Crippen LogP contribution is 2.42. The summed E-state index contributed by atoms with van der Waals surface area (Å²) in [6.07, 6.45) is 1.48. The molecule has 31 heavy (non-hydrogen) atoms. The number of halogens is 3. The van der Waals surface area contributed by atoms with E-state index in [-0.39, 0.29) is 18.1 Å². The second-order valence-electron chi connectivity index (χ2n) is 9.09. The number of amides is 2. The number of piperidine rings is 1. The number of ether oxygens (including phenoxy) is 1. The van der Waals surface area contributed by atoms with E-state index in [2.05, 4.69) is 6.92 Å². The Balaban J connectivity index is 1.62. The molecule has 3 aliphatic rings. The van der Waals surface area contributed by atoms with E-state index in [1.54, 1.807) is 4.90 Å². The van der Waals surface area contributed by atoms with Crippen molar-refractivity contribution < 1.29 is 27.5 Å². The SMILES string of the molecule is CC1CCN(C(=O)[C@@H]2COC3(CCCCC3)N2C(=O)c2ccc(C(F)(F)F)cc2)CC1. The molecule has 1 aromatic rings. The average molecular weight is 438 g/mol. The number of hydrogen-bond acceptors (Lipinski definition) is 3. The summed E-state index contributed by atoms with van der Waals surface area (Å²) >= 11 is 0. The zero-order valence-corrected chi connectivity index (χ0v) is 17.8. The van der Waals surface area contributed by atoms with Crippen LogP contribution in [0.25, 0.3) is 0 Å². The number of alkyl halides is 3. The van der Waals surface area contributed by atoms with Crippen molar-refractivity contribution in [2.45, 2.75) is 69.8 Å². The van der Waals surface area contributed by atoms with Crippen LogP contribution in [0.1, 0.15) is 67.8 Å². The highest BCUT2D eigenvalue weighted by molar-refractivity contribution is 5.98. The fourth-order valence-corrected chi connectivity index (χ4v) is 5.04. The Kier molecular flexibility index (Phi) is 6.03. The summed E-state index contributed by atoms with van der Waals surface area (Å²) in [6, 6.07) is 3.50. The summed E-state index contributed by atoms with van der Waals surface area (Å²) in [4.78, 5) is 30.3. The van der Waals surface area contributed by atoms with Gasteiger partial charge in [-0.05, 0) is 68.7 Å². The van der Waals surface area contributed by atoms with Gasteiger partial charge in [0.15, 0.2) is 0 Å². The molecule has 3 fully saturated rings. The van der Waals surface area contributed by atoms with Crippen molar-refractivity contribution in [3.05, 3.63) is 35.4 Å². The summed E-state index contributed by atoms with van der Waals surface area (Å²) in [7, 11) is 0. The van der Waals surface area contributed by atoms with Crippen LogP contribution < -0.4 is 0 Å². The van der Waals surface area contributed by atoms with Crippen LogP contribution >= 0.6 is 0 Å². The Morgan fingerprint density at radius 2 is 1.65 bits per heavy atom. The molecule has 0 bridgehead atoms. The molecule has 1 spiro atoms. The van der Waals surface area contributed by atoms with Gasteiger partial charge in [0, 0.05) is 18.7 Å². The van der Waals surface area contributed by atoms with Crippen LogP contribution in [0.3, 0.4) is 0 Å². The van der Waals surface area contributed by atoms with Crippen LogP contribution in [0.2, 0.25) is 0 Å². The number of rotatable bonds is 2. The van der Waals surface area contributed by atoms with Gasteiger partial charge >= 0.3 is 6.18 Å². The average Bonchev–Trinajstić information content (AvgIpc) is 3.11. The number of nitrogens with zero attached hydrogens (tertiary/aromatic N) is 2. The third-order valence-electron chi connectivity index (χ3n) is 6.95. The van der Waals surface area contributed by atoms with Gasteiger partial charge in [-0.2, -0.15) is 13.2 Å². The minimum Gasteiger partial charge on any atom is -0.353 e. The lowest BCUT2D eigenvalue weighted by Gasteiger charge is -2.42. The molecule has 1 atom stereocenters. The first kappa shape index (κ1) is 22.1. The van der Waals surface area contributed by atoms with Crippen molar-refractivity contribution in [1.82, 2.24) is 9.80 Å². The third kappa shape index (κ3) is 4.31. The van der Waals surface area contributed by atoms with E-state index in [1.165, 1.54) is 12.1 Å². The van der Waals surface area contributed by atoms with Crippen molar-refractivity contribution in [1.29, 1.82) is 0 Å². The van der Waals surface area contributed by atoms with E-state index in [1.807, 2.05) is 4.90 Å². The van der Waals surface area contributed by atoms with Crippen molar-refractivity contribution >= 4 is 11.8 Å². The quantitative estimate of drug-likeness (QED) is 0.685. The molecule has 2 aliphatic heterocycles. The summed E-state index contributed by atoms with van der Waals surface area (Å²) in [6.45, 7) is 3.62. The molecule has 0 unspecified atom stereocenters. The summed E-state index contributed by atoms with van der Waals surface area (Å²) in [5, 5.41) is 0. The molecule has 2 saturated heterocycles. The first-order valence-corrected chi connectivity index (χ1v) is 11.1. The number of benzene rings is 1. The first-order valence-electron chi connectivity index (χ1n) is 11.1. The van der Waals surface area contributed by atoms with Crippen molar-refractivity contribution in [3.63, 3.8) is 0 Å². The monoisotopic (exact) mass is 438 g/mol. The van der Waals surface area contributed by atoms with Crippen LogP contribution in [0, 0.1) is 5.92 Å².